The number of carbonyl (C=O) groups is 1. The van der Waals surface area contributed by atoms with Crippen LogP contribution in [0, 0.1) is 11.8 Å². The van der Waals surface area contributed by atoms with Gasteiger partial charge >= 0.3 is 0 Å². The molecule has 0 aromatic heterocycles. The van der Waals surface area contributed by atoms with E-state index in [9.17, 15) is 4.79 Å². The molecule has 1 saturated heterocycles. The number of rotatable bonds is 6. The molecule has 1 heterocycles. The summed E-state index contributed by atoms with van der Waals surface area (Å²) in [6.45, 7) is 5.69. The first-order chi connectivity index (χ1) is 7.72. The van der Waals surface area contributed by atoms with Gasteiger partial charge in [-0.1, -0.05) is 6.92 Å². The molecule has 0 spiro atoms. The first-order valence-electron chi connectivity index (χ1n) is 6.18. The van der Waals surface area contributed by atoms with Gasteiger partial charge in [-0.2, -0.15) is 0 Å². The van der Waals surface area contributed by atoms with E-state index in [1.165, 1.54) is 12.8 Å². The molecule has 4 heteroatoms. The second-order valence-corrected chi connectivity index (χ2v) is 4.76. The van der Waals surface area contributed by atoms with Crippen molar-refractivity contribution in [3.63, 3.8) is 0 Å². The zero-order valence-electron chi connectivity index (χ0n) is 10.4. The number of piperidine rings is 1. The van der Waals surface area contributed by atoms with Crippen LogP contribution < -0.4 is 10.6 Å². The van der Waals surface area contributed by atoms with Crippen molar-refractivity contribution >= 4 is 5.91 Å². The molecule has 1 fully saturated rings. The summed E-state index contributed by atoms with van der Waals surface area (Å²) in [5.74, 6) is 1.11. The first kappa shape index (κ1) is 13.5. The fourth-order valence-corrected chi connectivity index (χ4v) is 2.08. The minimum Gasteiger partial charge on any atom is -0.384 e. The Morgan fingerprint density at radius 2 is 2.19 bits per heavy atom. The SMILES string of the molecule is COCC(C)CC(=O)NCC1CCNCC1. The number of nitrogens with one attached hydrogen (secondary N) is 2. The highest BCUT2D eigenvalue weighted by Crippen LogP contribution is 2.10. The van der Waals surface area contributed by atoms with E-state index in [-0.39, 0.29) is 5.91 Å². The highest BCUT2D eigenvalue weighted by Gasteiger charge is 2.14. The molecule has 94 valence electrons. The average Bonchev–Trinajstić information content (AvgIpc) is 2.28. The topological polar surface area (TPSA) is 50.4 Å². The summed E-state index contributed by atoms with van der Waals surface area (Å²) in [5, 5.41) is 6.34. The van der Waals surface area contributed by atoms with E-state index in [2.05, 4.69) is 10.6 Å². The Morgan fingerprint density at radius 3 is 2.81 bits per heavy atom. The predicted molar refractivity (Wildman–Crippen MR) is 64.3 cm³/mol. The molecule has 1 unspecified atom stereocenters. The number of amides is 1. The van der Waals surface area contributed by atoms with Gasteiger partial charge in [-0.3, -0.25) is 4.79 Å². The second kappa shape index (κ2) is 7.63. The van der Waals surface area contributed by atoms with Crippen LogP contribution >= 0.6 is 0 Å². The summed E-state index contributed by atoms with van der Waals surface area (Å²) in [5.41, 5.74) is 0. The maximum absolute atomic E-state index is 11.6. The summed E-state index contributed by atoms with van der Waals surface area (Å²) in [6.07, 6.45) is 2.92. The van der Waals surface area contributed by atoms with E-state index >= 15 is 0 Å². The predicted octanol–water partition coefficient (Wildman–Crippen LogP) is 0.775. The molecule has 0 saturated carbocycles. The molecule has 0 radical (unpaired) electrons. The summed E-state index contributed by atoms with van der Waals surface area (Å²) < 4.78 is 5.01. The van der Waals surface area contributed by atoms with Crippen molar-refractivity contribution in [1.82, 2.24) is 10.6 Å². The number of carbonyl (C=O) groups excluding carboxylic acids is 1. The molecular formula is C12H24N2O2. The Hall–Kier alpha value is -0.610. The van der Waals surface area contributed by atoms with Crippen LogP contribution in [0.1, 0.15) is 26.2 Å². The van der Waals surface area contributed by atoms with Crippen LogP contribution in [0.4, 0.5) is 0 Å². The lowest BCUT2D eigenvalue weighted by Crippen LogP contribution is -2.36. The quantitative estimate of drug-likeness (QED) is 0.706. The van der Waals surface area contributed by atoms with E-state index in [4.69, 9.17) is 4.74 Å². The van der Waals surface area contributed by atoms with Crippen LogP contribution in [-0.4, -0.2) is 39.3 Å². The minimum atomic E-state index is 0.156. The Kier molecular flexibility index (Phi) is 6.42. The molecule has 0 aromatic rings. The van der Waals surface area contributed by atoms with Crippen LogP contribution in [0.5, 0.6) is 0 Å². The third kappa shape index (κ3) is 5.47. The highest BCUT2D eigenvalue weighted by molar-refractivity contribution is 5.76. The van der Waals surface area contributed by atoms with Gasteiger partial charge in [0.2, 0.25) is 5.91 Å². The largest absolute Gasteiger partial charge is 0.384 e. The van der Waals surface area contributed by atoms with Crippen LogP contribution in [0.2, 0.25) is 0 Å². The van der Waals surface area contributed by atoms with Crippen LogP contribution in [0.3, 0.4) is 0 Å². The van der Waals surface area contributed by atoms with Crippen molar-refractivity contribution in [2.24, 2.45) is 11.8 Å². The van der Waals surface area contributed by atoms with Gasteiger partial charge < -0.3 is 15.4 Å². The summed E-state index contributed by atoms with van der Waals surface area (Å²) in [7, 11) is 1.67. The minimum absolute atomic E-state index is 0.156. The third-order valence-electron chi connectivity index (χ3n) is 3.03. The molecule has 1 amide bonds. The molecule has 1 aliphatic rings. The van der Waals surface area contributed by atoms with E-state index < -0.39 is 0 Å². The van der Waals surface area contributed by atoms with Gasteiger partial charge in [-0.25, -0.2) is 0 Å². The smallest absolute Gasteiger partial charge is 0.220 e. The fourth-order valence-electron chi connectivity index (χ4n) is 2.08. The van der Waals surface area contributed by atoms with Gasteiger partial charge in [0, 0.05) is 26.7 Å². The standard InChI is InChI=1S/C12H24N2O2/c1-10(9-16-2)7-12(15)14-8-11-3-5-13-6-4-11/h10-11,13H,3-9H2,1-2H3,(H,14,15). The van der Waals surface area contributed by atoms with Gasteiger partial charge in [0.15, 0.2) is 0 Å². The Labute approximate surface area is 98.1 Å². The van der Waals surface area contributed by atoms with E-state index in [0.717, 1.165) is 19.6 Å². The number of ether oxygens (including phenoxy) is 1. The number of hydrogen-bond acceptors (Lipinski definition) is 3. The molecule has 1 atom stereocenters. The van der Waals surface area contributed by atoms with Crippen molar-refractivity contribution in [1.29, 1.82) is 0 Å². The van der Waals surface area contributed by atoms with Gasteiger partial charge in [0.1, 0.15) is 0 Å². The highest BCUT2D eigenvalue weighted by atomic mass is 16.5. The van der Waals surface area contributed by atoms with Gasteiger partial charge in [-0.05, 0) is 37.8 Å². The number of hydrogen-bond donors (Lipinski definition) is 2. The molecule has 16 heavy (non-hydrogen) atoms. The fraction of sp³-hybridized carbons (Fsp3) is 0.917. The summed E-state index contributed by atoms with van der Waals surface area (Å²) in [6, 6.07) is 0. The molecule has 0 aromatic carbocycles. The lowest BCUT2D eigenvalue weighted by Gasteiger charge is -2.23. The Balaban J connectivity index is 2.09. The lowest BCUT2D eigenvalue weighted by atomic mass is 9.98. The van der Waals surface area contributed by atoms with Crippen molar-refractivity contribution < 1.29 is 9.53 Å². The lowest BCUT2D eigenvalue weighted by molar-refractivity contribution is -0.122. The first-order valence-corrected chi connectivity index (χ1v) is 6.18. The van der Waals surface area contributed by atoms with Gasteiger partial charge in [0.05, 0.1) is 0 Å². The monoisotopic (exact) mass is 228 g/mol. The normalized spacial score (nSPS) is 19.4. The average molecular weight is 228 g/mol. The van der Waals surface area contributed by atoms with E-state index in [1.807, 2.05) is 6.92 Å². The van der Waals surface area contributed by atoms with Crippen LogP contribution in [0.15, 0.2) is 0 Å². The van der Waals surface area contributed by atoms with E-state index in [1.54, 1.807) is 7.11 Å². The van der Waals surface area contributed by atoms with Crippen molar-refractivity contribution in [2.75, 3.05) is 33.4 Å². The Bertz CT molecular complexity index is 203. The van der Waals surface area contributed by atoms with Crippen molar-refractivity contribution in [2.45, 2.75) is 26.2 Å². The maximum Gasteiger partial charge on any atom is 0.220 e. The second-order valence-electron chi connectivity index (χ2n) is 4.76. The third-order valence-corrected chi connectivity index (χ3v) is 3.03. The van der Waals surface area contributed by atoms with Crippen molar-refractivity contribution in [3.05, 3.63) is 0 Å². The molecule has 4 nitrogen and oxygen atoms in total. The van der Waals surface area contributed by atoms with E-state index in [0.29, 0.717) is 24.9 Å². The molecule has 0 aliphatic carbocycles. The Morgan fingerprint density at radius 1 is 1.50 bits per heavy atom. The van der Waals surface area contributed by atoms with Gasteiger partial charge in [-0.15, -0.1) is 0 Å². The molecule has 1 rings (SSSR count). The zero-order chi connectivity index (χ0) is 11.8. The van der Waals surface area contributed by atoms with Crippen LogP contribution in [0.25, 0.3) is 0 Å². The summed E-state index contributed by atoms with van der Waals surface area (Å²) >= 11 is 0. The molecule has 0 bridgehead atoms. The maximum atomic E-state index is 11.6. The molecule has 1 aliphatic heterocycles. The zero-order valence-corrected chi connectivity index (χ0v) is 10.4. The summed E-state index contributed by atoms with van der Waals surface area (Å²) in [4.78, 5) is 11.6. The number of methoxy groups -OCH3 is 1. The van der Waals surface area contributed by atoms with Crippen molar-refractivity contribution in [3.8, 4) is 0 Å². The van der Waals surface area contributed by atoms with Gasteiger partial charge in [0.25, 0.3) is 0 Å². The molecular weight excluding hydrogens is 204 g/mol. The molecule has 2 N–H and O–H groups in total. The van der Waals surface area contributed by atoms with Crippen LogP contribution in [-0.2, 0) is 9.53 Å².